The Kier molecular flexibility index (Phi) is 8.23. The average Bonchev–Trinajstić information content (AvgIpc) is 2.78. The van der Waals surface area contributed by atoms with Crippen molar-refractivity contribution in [1.29, 1.82) is 0 Å². The van der Waals surface area contributed by atoms with Crippen LogP contribution in [-0.2, 0) is 30.9 Å². The van der Waals surface area contributed by atoms with E-state index in [1.807, 2.05) is 48.7 Å². The lowest BCUT2D eigenvalue weighted by Crippen LogP contribution is -2.38. The van der Waals surface area contributed by atoms with Crippen molar-refractivity contribution in [2.75, 3.05) is 13.6 Å². The molecule has 0 amide bonds. The van der Waals surface area contributed by atoms with Gasteiger partial charge in [-0.15, -0.1) is 0 Å². The Bertz CT molecular complexity index is 882. The highest BCUT2D eigenvalue weighted by Crippen LogP contribution is 2.11. The topological polar surface area (TPSA) is 58.5 Å². The summed E-state index contributed by atoms with van der Waals surface area (Å²) in [6, 6.07) is 24.5. The van der Waals surface area contributed by atoms with Crippen LogP contribution in [0, 0.1) is 0 Å². The fourth-order valence-electron chi connectivity index (χ4n) is 2.98. The second kappa shape index (κ2) is 11.6. The second-order valence-corrected chi connectivity index (χ2v) is 6.67. The molecule has 0 aliphatic heterocycles. The van der Waals surface area contributed by atoms with E-state index in [0.29, 0.717) is 19.8 Å². The molecule has 0 spiro atoms. The summed E-state index contributed by atoms with van der Waals surface area (Å²) < 4.78 is 5.91. The van der Waals surface area contributed by atoms with Crippen molar-refractivity contribution in [3.8, 4) is 0 Å². The number of ether oxygens (including phenoxy) is 1. The van der Waals surface area contributed by atoms with Crippen molar-refractivity contribution < 1.29 is 4.74 Å². The predicted octanol–water partition coefficient (Wildman–Crippen LogP) is 3.71. The molecule has 2 N–H and O–H groups in total. The lowest BCUT2D eigenvalue weighted by atomic mass is 10.1. The van der Waals surface area contributed by atoms with Gasteiger partial charge in [0.2, 0.25) is 0 Å². The summed E-state index contributed by atoms with van der Waals surface area (Å²) in [6.07, 6.45) is 2.67. The van der Waals surface area contributed by atoms with Gasteiger partial charge in [-0.1, -0.05) is 60.7 Å². The number of hydrogen-bond acceptors (Lipinski definition) is 3. The molecule has 5 heteroatoms. The normalized spacial score (nSPS) is 11.3. The zero-order chi connectivity index (χ0) is 20.2. The number of guanidine groups is 1. The van der Waals surface area contributed by atoms with Crippen molar-refractivity contribution in [1.82, 2.24) is 15.6 Å². The summed E-state index contributed by atoms with van der Waals surface area (Å²) in [5.74, 6) is 0.779. The smallest absolute Gasteiger partial charge is 0.191 e. The van der Waals surface area contributed by atoms with Crippen molar-refractivity contribution in [2.45, 2.75) is 26.2 Å². The van der Waals surface area contributed by atoms with Gasteiger partial charge in [0.05, 0.1) is 13.2 Å². The van der Waals surface area contributed by atoms with E-state index in [0.717, 1.165) is 24.6 Å². The molecule has 0 bridgehead atoms. The fraction of sp³-hybridized carbons (Fsp3) is 0.250. The molecule has 0 aliphatic rings. The van der Waals surface area contributed by atoms with Crippen LogP contribution < -0.4 is 10.6 Å². The van der Waals surface area contributed by atoms with Crippen LogP contribution in [0.2, 0.25) is 0 Å². The van der Waals surface area contributed by atoms with E-state index in [2.05, 4.69) is 50.9 Å². The van der Waals surface area contributed by atoms with Gasteiger partial charge in [-0.2, -0.15) is 0 Å². The summed E-state index contributed by atoms with van der Waals surface area (Å²) in [4.78, 5) is 8.65. The van der Waals surface area contributed by atoms with E-state index in [4.69, 9.17) is 4.74 Å². The van der Waals surface area contributed by atoms with Gasteiger partial charge in [0.25, 0.3) is 0 Å². The first-order chi connectivity index (χ1) is 14.3. The molecular weight excluding hydrogens is 360 g/mol. The molecule has 0 unspecified atom stereocenters. The maximum absolute atomic E-state index is 5.91. The van der Waals surface area contributed by atoms with Gasteiger partial charge in [-0.05, 0) is 28.8 Å². The summed E-state index contributed by atoms with van der Waals surface area (Å²) >= 11 is 0. The zero-order valence-corrected chi connectivity index (χ0v) is 16.8. The number of benzene rings is 2. The molecule has 2 aromatic carbocycles. The summed E-state index contributed by atoms with van der Waals surface area (Å²) in [7, 11) is 1.78. The first-order valence-corrected chi connectivity index (χ1v) is 9.88. The first-order valence-electron chi connectivity index (χ1n) is 9.88. The molecule has 0 saturated carbocycles. The lowest BCUT2D eigenvalue weighted by Gasteiger charge is -2.14. The Labute approximate surface area is 172 Å². The largest absolute Gasteiger partial charge is 0.372 e. The molecule has 0 saturated heterocycles. The Morgan fingerprint density at radius 3 is 2.38 bits per heavy atom. The summed E-state index contributed by atoms with van der Waals surface area (Å²) in [6.45, 7) is 2.66. The number of aromatic nitrogens is 1. The lowest BCUT2D eigenvalue weighted by molar-refractivity contribution is 0.106. The molecular formula is C24H28N4O. The van der Waals surface area contributed by atoms with Crippen LogP contribution in [0.15, 0.2) is 84.0 Å². The van der Waals surface area contributed by atoms with Gasteiger partial charge >= 0.3 is 0 Å². The van der Waals surface area contributed by atoms with Gasteiger partial charge in [0, 0.05) is 38.4 Å². The van der Waals surface area contributed by atoms with Crippen LogP contribution in [0.4, 0.5) is 0 Å². The van der Waals surface area contributed by atoms with Crippen LogP contribution >= 0.6 is 0 Å². The molecule has 0 radical (unpaired) electrons. The second-order valence-electron chi connectivity index (χ2n) is 6.67. The van der Waals surface area contributed by atoms with E-state index in [-0.39, 0.29) is 0 Å². The first kappa shape index (κ1) is 20.6. The number of nitrogens with zero attached hydrogens (tertiary/aromatic N) is 2. The number of nitrogens with one attached hydrogen (secondary N) is 2. The molecule has 1 aromatic heterocycles. The van der Waals surface area contributed by atoms with E-state index in [9.17, 15) is 0 Å². The van der Waals surface area contributed by atoms with Crippen LogP contribution in [0.25, 0.3) is 0 Å². The predicted molar refractivity (Wildman–Crippen MR) is 118 cm³/mol. The van der Waals surface area contributed by atoms with E-state index < -0.39 is 0 Å². The fourth-order valence-corrected chi connectivity index (χ4v) is 2.98. The summed E-state index contributed by atoms with van der Waals surface area (Å²) in [5.41, 5.74) is 4.63. The standard InChI is InChI=1S/C24H28N4O/c1-25-24(27-16-14-23-13-7-8-15-26-23)28-17-21-11-5-6-12-22(21)19-29-18-20-9-3-2-4-10-20/h2-13,15H,14,16-19H2,1H3,(H2,25,27,28). The van der Waals surface area contributed by atoms with Crippen LogP contribution in [0.5, 0.6) is 0 Å². The monoisotopic (exact) mass is 388 g/mol. The molecule has 5 nitrogen and oxygen atoms in total. The zero-order valence-electron chi connectivity index (χ0n) is 16.8. The maximum atomic E-state index is 5.91. The van der Waals surface area contributed by atoms with E-state index >= 15 is 0 Å². The Hall–Kier alpha value is -3.18. The number of rotatable bonds is 9. The van der Waals surface area contributed by atoms with Crippen molar-refractivity contribution in [2.24, 2.45) is 4.99 Å². The number of pyridine rings is 1. The van der Waals surface area contributed by atoms with Crippen molar-refractivity contribution >= 4 is 5.96 Å². The maximum Gasteiger partial charge on any atom is 0.191 e. The third-order valence-corrected chi connectivity index (χ3v) is 4.56. The van der Waals surface area contributed by atoms with Gasteiger partial charge in [0.1, 0.15) is 0 Å². The van der Waals surface area contributed by atoms with Gasteiger partial charge < -0.3 is 15.4 Å². The molecule has 29 heavy (non-hydrogen) atoms. The third-order valence-electron chi connectivity index (χ3n) is 4.56. The van der Waals surface area contributed by atoms with Crippen molar-refractivity contribution in [3.05, 3.63) is 101 Å². The number of aliphatic imine (C=N–C) groups is 1. The molecule has 150 valence electrons. The molecule has 0 aliphatic carbocycles. The van der Waals surface area contributed by atoms with E-state index in [1.165, 1.54) is 16.7 Å². The molecule has 0 atom stereocenters. The van der Waals surface area contributed by atoms with Crippen LogP contribution in [-0.4, -0.2) is 24.5 Å². The Morgan fingerprint density at radius 1 is 0.862 bits per heavy atom. The third kappa shape index (κ3) is 7.05. The molecule has 1 heterocycles. The SMILES string of the molecule is CN=C(NCCc1ccccn1)NCc1ccccc1COCc1ccccc1. The minimum Gasteiger partial charge on any atom is -0.372 e. The highest BCUT2D eigenvalue weighted by molar-refractivity contribution is 5.79. The van der Waals surface area contributed by atoms with Crippen molar-refractivity contribution in [3.63, 3.8) is 0 Å². The van der Waals surface area contributed by atoms with Gasteiger partial charge in [-0.3, -0.25) is 9.98 Å². The number of hydrogen-bond donors (Lipinski definition) is 2. The Balaban J connectivity index is 1.46. The average molecular weight is 389 g/mol. The van der Waals surface area contributed by atoms with Crippen LogP contribution in [0.1, 0.15) is 22.4 Å². The minimum atomic E-state index is 0.582. The molecule has 0 fully saturated rings. The molecule has 3 rings (SSSR count). The van der Waals surface area contributed by atoms with Gasteiger partial charge in [0.15, 0.2) is 5.96 Å². The van der Waals surface area contributed by atoms with Crippen LogP contribution in [0.3, 0.4) is 0 Å². The highest BCUT2D eigenvalue weighted by Gasteiger charge is 2.04. The molecule has 3 aromatic rings. The Morgan fingerprint density at radius 2 is 1.62 bits per heavy atom. The minimum absolute atomic E-state index is 0.582. The van der Waals surface area contributed by atoms with E-state index in [1.54, 1.807) is 7.05 Å². The summed E-state index contributed by atoms with van der Waals surface area (Å²) in [5, 5.41) is 6.72. The quantitative estimate of drug-likeness (QED) is 0.433. The highest BCUT2D eigenvalue weighted by atomic mass is 16.5. The van der Waals surface area contributed by atoms with Gasteiger partial charge in [-0.25, -0.2) is 0 Å².